The van der Waals surface area contributed by atoms with Gasteiger partial charge >= 0.3 is 0 Å². The van der Waals surface area contributed by atoms with E-state index in [-0.39, 0.29) is 17.7 Å². The van der Waals surface area contributed by atoms with E-state index in [1.165, 1.54) is 11.8 Å². The summed E-state index contributed by atoms with van der Waals surface area (Å²) in [6.45, 7) is 3.69. The van der Waals surface area contributed by atoms with Crippen molar-refractivity contribution in [3.8, 4) is 16.5 Å². The summed E-state index contributed by atoms with van der Waals surface area (Å²) >= 11 is 2.98. The van der Waals surface area contributed by atoms with E-state index in [9.17, 15) is 10.1 Å². The summed E-state index contributed by atoms with van der Waals surface area (Å²) in [7, 11) is 2.09. The van der Waals surface area contributed by atoms with Crippen LogP contribution in [0.1, 0.15) is 35.3 Å². The molecule has 1 atom stereocenters. The number of aromatic nitrogens is 1. The lowest BCUT2D eigenvalue weighted by atomic mass is 9.96. The van der Waals surface area contributed by atoms with E-state index in [0.29, 0.717) is 10.6 Å². The van der Waals surface area contributed by atoms with Crippen LogP contribution in [-0.4, -0.2) is 35.1 Å². The Kier molecular flexibility index (Phi) is 6.71. The van der Waals surface area contributed by atoms with Gasteiger partial charge in [-0.05, 0) is 36.5 Å². The summed E-state index contributed by atoms with van der Waals surface area (Å²) in [4.78, 5) is 20.8. The molecule has 2 aromatic heterocycles. The molecule has 0 unspecified atom stereocenters. The number of carbonyl (C=O) groups excluding carboxylic acids is 1. The fourth-order valence-electron chi connectivity index (χ4n) is 3.81. The second-order valence-electron chi connectivity index (χ2n) is 7.66. The van der Waals surface area contributed by atoms with Crippen molar-refractivity contribution in [2.45, 2.75) is 31.0 Å². The van der Waals surface area contributed by atoms with Crippen LogP contribution in [0.3, 0.4) is 0 Å². The van der Waals surface area contributed by atoms with Gasteiger partial charge in [0.1, 0.15) is 11.1 Å². The molecule has 1 N–H and O–H groups in total. The third-order valence-electron chi connectivity index (χ3n) is 5.41. The molecular formula is C24H24N4OS2. The number of nitrogens with zero attached hydrogens (tertiary/aromatic N) is 3. The summed E-state index contributed by atoms with van der Waals surface area (Å²) in [5.41, 5.74) is 4.80. The normalized spacial score (nSPS) is 14.5. The maximum Gasteiger partial charge on any atom is 0.230 e. The molecule has 0 saturated heterocycles. The topological polar surface area (TPSA) is 69.0 Å². The number of amides is 1. The number of hydrogen-bond donors (Lipinski definition) is 1. The molecule has 7 heteroatoms. The monoisotopic (exact) mass is 448 g/mol. The SMILES string of the molecule is C[C@@H](NC(=O)CSc1nc2c(c(-c3cccs3)c1C#N)CN(C)CC2)c1ccccc1. The highest BCUT2D eigenvalue weighted by molar-refractivity contribution is 8.00. The largest absolute Gasteiger partial charge is 0.349 e. The highest BCUT2D eigenvalue weighted by Gasteiger charge is 2.25. The Morgan fingerprint density at radius 2 is 2.13 bits per heavy atom. The number of thioether (sulfide) groups is 1. The van der Waals surface area contributed by atoms with Crippen LogP contribution in [0.5, 0.6) is 0 Å². The Labute approximate surface area is 191 Å². The van der Waals surface area contributed by atoms with Crippen molar-refractivity contribution in [2.75, 3.05) is 19.3 Å². The van der Waals surface area contributed by atoms with Crippen molar-refractivity contribution in [3.63, 3.8) is 0 Å². The number of nitriles is 1. The number of hydrogen-bond acceptors (Lipinski definition) is 6. The van der Waals surface area contributed by atoms with Crippen molar-refractivity contribution >= 4 is 29.0 Å². The quantitative estimate of drug-likeness (QED) is 0.557. The van der Waals surface area contributed by atoms with Crippen molar-refractivity contribution < 1.29 is 4.79 Å². The lowest BCUT2D eigenvalue weighted by Gasteiger charge is -2.27. The van der Waals surface area contributed by atoms with E-state index in [4.69, 9.17) is 4.98 Å². The van der Waals surface area contributed by atoms with Gasteiger partial charge in [0, 0.05) is 35.6 Å². The van der Waals surface area contributed by atoms with Crippen LogP contribution in [-0.2, 0) is 17.8 Å². The molecule has 1 aromatic carbocycles. The number of likely N-dealkylation sites (N-methyl/N-ethyl adjacent to an activating group) is 1. The molecule has 1 aliphatic rings. The van der Waals surface area contributed by atoms with E-state index in [1.54, 1.807) is 11.3 Å². The highest BCUT2D eigenvalue weighted by Crippen LogP contribution is 2.38. The molecule has 0 aliphatic carbocycles. The minimum absolute atomic E-state index is 0.0674. The molecule has 158 valence electrons. The molecule has 0 bridgehead atoms. The Bertz CT molecular complexity index is 1110. The molecule has 1 aliphatic heterocycles. The highest BCUT2D eigenvalue weighted by atomic mass is 32.2. The predicted molar refractivity (Wildman–Crippen MR) is 126 cm³/mol. The number of carbonyl (C=O) groups is 1. The Morgan fingerprint density at radius 1 is 1.32 bits per heavy atom. The minimum atomic E-state index is -0.0709. The average Bonchev–Trinajstić information content (AvgIpc) is 3.31. The fraction of sp³-hybridized carbons (Fsp3) is 0.292. The van der Waals surface area contributed by atoms with Gasteiger partial charge in [0.15, 0.2) is 0 Å². The number of thiophene rings is 1. The van der Waals surface area contributed by atoms with Gasteiger partial charge in [-0.2, -0.15) is 5.26 Å². The maximum atomic E-state index is 12.6. The van der Waals surface area contributed by atoms with Crippen molar-refractivity contribution in [1.29, 1.82) is 5.26 Å². The van der Waals surface area contributed by atoms with Crippen LogP contribution in [0.25, 0.3) is 10.4 Å². The van der Waals surface area contributed by atoms with Crippen LogP contribution < -0.4 is 5.32 Å². The van der Waals surface area contributed by atoms with Gasteiger partial charge < -0.3 is 10.2 Å². The average molecular weight is 449 g/mol. The fourth-order valence-corrected chi connectivity index (χ4v) is 5.44. The molecule has 0 saturated carbocycles. The predicted octanol–water partition coefficient (Wildman–Crippen LogP) is 4.64. The zero-order valence-corrected chi connectivity index (χ0v) is 19.2. The van der Waals surface area contributed by atoms with Gasteiger partial charge in [-0.3, -0.25) is 4.79 Å². The van der Waals surface area contributed by atoms with E-state index in [0.717, 1.165) is 46.8 Å². The third kappa shape index (κ3) is 4.82. The first kappa shape index (κ1) is 21.6. The Morgan fingerprint density at radius 3 is 2.84 bits per heavy atom. The standard InChI is InChI=1S/C24H24N4OS2/c1-16(17-7-4-3-5-8-17)26-22(29)15-31-24-18(13-25)23(21-9-6-12-30-21)19-14-28(2)11-10-20(19)27-24/h3-9,12,16H,10-11,14-15H2,1-2H3,(H,26,29)/t16-/m1/s1. The van der Waals surface area contributed by atoms with Gasteiger partial charge in [-0.15, -0.1) is 11.3 Å². The van der Waals surface area contributed by atoms with Crippen molar-refractivity contribution in [1.82, 2.24) is 15.2 Å². The molecule has 0 spiro atoms. The lowest BCUT2D eigenvalue weighted by Crippen LogP contribution is -2.29. The molecular weight excluding hydrogens is 424 g/mol. The molecule has 4 rings (SSSR count). The van der Waals surface area contributed by atoms with Crippen LogP contribution in [0, 0.1) is 11.3 Å². The molecule has 3 aromatic rings. The number of nitrogens with one attached hydrogen (secondary N) is 1. The van der Waals surface area contributed by atoms with Gasteiger partial charge in [0.2, 0.25) is 5.91 Å². The van der Waals surface area contributed by atoms with Crippen LogP contribution in [0.4, 0.5) is 0 Å². The molecule has 31 heavy (non-hydrogen) atoms. The second kappa shape index (κ2) is 9.65. The van der Waals surface area contributed by atoms with E-state index >= 15 is 0 Å². The molecule has 3 heterocycles. The Hall–Kier alpha value is -2.66. The van der Waals surface area contributed by atoms with E-state index < -0.39 is 0 Å². The summed E-state index contributed by atoms with van der Waals surface area (Å²) in [6, 6.07) is 16.3. The van der Waals surface area contributed by atoms with E-state index in [2.05, 4.69) is 29.4 Å². The molecule has 1 amide bonds. The number of fused-ring (bicyclic) bond motifs is 1. The lowest BCUT2D eigenvalue weighted by molar-refractivity contribution is -0.119. The molecule has 5 nitrogen and oxygen atoms in total. The summed E-state index contributed by atoms with van der Waals surface area (Å²) in [6.07, 6.45) is 0.848. The molecule has 0 radical (unpaired) electrons. The first-order chi connectivity index (χ1) is 15.1. The maximum absolute atomic E-state index is 12.6. The van der Waals surface area contributed by atoms with Crippen LogP contribution in [0.2, 0.25) is 0 Å². The zero-order chi connectivity index (χ0) is 21.8. The third-order valence-corrected chi connectivity index (χ3v) is 7.27. The van der Waals surface area contributed by atoms with E-state index in [1.807, 2.05) is 48.7 Å². The van der Waals surface area contributed by atoms with Crippen LogP contribution >= 0.6 is 23.1 Å². The van der Waals surface area contributed by atoms with Crippen LogP contribution in [0.15, 0.2) is 52.9 Å². The number of rotatable bonds is 6. The van der Waals surface area contributed by atoms with Crippen molar-refractivity contribution in [3.05, 3.63) is 70.2 Å². The first-order valence-corrected chi connectivity index (χ1v) is 12.1. The van der Waals surface area contributed by atoms with Gasteiger partial charge in [0.25, 0.3) is 0 Å². The summed E-state index contributed by atoms with van der Waals surface area (Å²) in [5.74, 6) is 0.156. The van der Waals surface area contributed by atoms with Gasteiger partial charge in [-0.25, -0.2) is 4.98 Å². The number of pyridine rings is 1. The van der Waals surface area contributed by atoms with Crippen molar-refractivity contribution in [2.24, 2.45) is 0 Å². The zero-order valence-electron chi connectivity index (χ0n) is 17.6. The molecule has 0 fully saturated rings. The van der Waals surface area contributed by atoms with Gasteiger partial charge in [0.05, 0.1) is 17.4 Å². The first-order valence-electron chi connectivity index (χ1n) is 10.2. The second-order valence-corrected chi connectivity index (χ2v) is 9.57. The minimum Gasteiger partial charge on any atom is -0.349 e. The number of benzene rings is 1. The smallest absolute Gasteiger partial charge is 0.230 e. The summed E-state index contributed by atoms with van der Waals surface area (Å²) in [5, 5.41) is 15.7. The van der Waals surface area contributed by atoms with Gasteiger partial charge in [-0.1, -0.05) is 48.2 Å². The Balaban J connectivity index is 1.58. The summed E-state index contributed by atoms with van der Waals surface area (Å²) < 4.78 is 0.